The number of piperidine rings is 1. The average molecular weight is 360 g/mol. The molecule has 0 radical (unpaired) electrons. The van der Waals surface area contributed by atoms with E-state index >= 15 is 0 Å². The molecule has 3 heterocycles. The highest BCUT2D eigenvalue weighted by Gasteiger charge is 2.59. The summed E-state index contributed by atoms with van der Waals surface area (Å²) >= 11 is 0. The van der Waals surface area contributed by atoms with Gasteiger partial charge in [0.1, 0.15) is 6.04 Å². The van der Waals surface area contributed by atoms with Crippen molar-refractivity contribution in [2.75, 3.05) is 4.90 Å². The van der Waals surface area contributed by atoms with E-state index < -0.39 is 0 Å². The fourth-order valence-electron chi connectivity index (χ4n) is 5.09. The monoisotopic (exact) mass is 360 g/mol. The van der Waals surface area contributed by atoms with Crippen LogP contribution in [-0.4, -0.2) is 49.5 Å². The van der Waals surface area contributed by atoms with E-state index in [1.807, 2.05) is 41.3 Å². The molecule has 1 aromatic heterocycles. The first kappa shape index (κ1) is 14.8. The van der Waals surface area contributed by atoms with Crippen molar-refractivity contribution < 1.29 is 9.59 Å². The summed E-state index contributed by atoms with van der Waals surface area (Å²) in [7, 11) is 0. The van der Waals surface area contributed by atoms with Gasteiger partial charge in [-0.25, -0.2) is 9.69 Å². The molecule has 134 valence electrons. The lowest BCUT2D eigenvalue weighted by Crippen LogP contribution is -2.40. The average Bonchev–Trinajstić information content (AvgIpc) is 3.46. The fraction of sp³-hybridized carbons (Fsp3) is 0.316. The number of hydrogen-bond acceptors (Lipinski definition) is 5. The number of carbonyl (C=O) groups is 2. The lowest BCUT2D eigenvalue weighted by atomic mass is 9.98. The summed E-state index contributed by atoms with van der Waals surface area (Å²) in [5, 5.41) is 15.9. The summed E-state index contributed by atoms with van der Waals surface area (Å²) in [6, 6.07) is 11.1. The number of H-pyrrole nitrogens is 1. The minimum atomic E-state index is -0.285. The molecule has 6 rings (SSSR count). The molecule has 0 spiro atoms. The molecule has 0 unspecified atom stereocenters. The van der Waals surface area contributed by atoms with Crippen molar-refractivity contribution in [3.63, 3.8) is 0 Å². The zero-order valence-electron chi connectivity index (χ0n) is 14.4. The molecule has 2 saturated heterocycles. The third kappa shape index (κ3) is 1.84. The highest BCUT2D eigenvalue weighted by molar-refractivity contribution is 6.25. The molecule has 8 heteroatoms. The number of hydrogen-bond donors (Lipinski definition) is 1. The van der Waals surface area contributed by atoms with Gasteiger partial charge in [-0.3, -0.25) is 4.79 Å². The first-order valence-corrected chi connectivity index (χ1v) is 9.16. The van der Waals surface area contributed by atoms with Crippen molar-refractivity contribution in [3.05, 3.63) is 36.4 Å². The number of amides is 3. The van der Waals surface area contributed by atoms with Crippen LogP contribution in [0.15, 0.2) is 36.4 Å². The Labute approximate surface area is 154 Å². The fourth-order valence-corrected chi connectivity index (χ4v) is 5.09. The lowest BCUT2D eigenvalue weighted by molar-refractivity contribution is -0.120. The summed E-state index contributed by atoms with van der Waals surface area (Å²) in [5.74, 6) is 0.696. The molecule has 3 fully saturated rings. The Bertz CT molecular complexity index is 1070. The Morgan fingerprint density at radius 3 is 2.67 bits per heavy atom. The number of aromatic nitrogens is 4. The molecular weight excluding hydrogens is 344 g/mol. The minimum absolute atomic E-state index is 0.0929. The minimum Gasteiger partial charge on any atom is -0.309 e. The van der Waals surface area contributed by atoms with Crippen molar-refractivity contribution >= 4 is 28.4 Å². The number of benzene rings is 2. The number of rotatable bonds is 2. The maximum atomic E-state index is 13.2. The zero-order chi connectivity index (χ0) is 18.1. The molecule has 1 aliphatic carbocycles. The number of nitrogens with zero attached hydrogens (tertiary/aromatic N) is 5. The molecule has 8 nitrogen and oxygen atoms in total. The van der Waals surface area contributed by atoms with E-state index in [9.17, 15) is 9.59 Å². The number of tetrazole rings is 1. The van der Waals surface area contributed by atoms with Gasteiger partial charge in [0.2, 0.25) is 5.82 Å². The molecular formula is C19H16N6O2. The van der Waals surface area contributed by atoms with E-state index in [1.165, 1.54) is 4.90 Å². The predicted octanol–water partition coefficient (Wildman–Crippen LogP) is 2.34. The highest BCUT2D eigenvalue weighted by atomic mass is 16.2. The first-order chi connectivity index (χ1) is 13.2. The number of imide groups is 1. The van der Waals surface area contributed by atoms with Crippen LogP contribution in [0, 0.1) is 5.92 Å². The Morgan fingerprint density at radius 2 is 1.89 bits per heavy atom. The molecule has 1 saturated carbocycles. The third-order valence-corrected chi connectivity index (χ3v) is 6.20. The van der Waals surface area contributed by atoms with Gasteiger partial charge in [0.05, 0.1) is 5.69 Å². The Kier molecular flexibility index (Phi) is 2.81. The van der Waals surface area contributed by atoms with Gasteiger partial charge in [-0.1, -0.05) is 24.3 Å². The van der Waals surface area contributed by atoms with Gasteiger partial charge < -0.3 is 4.90 Å². The molecule has 2 bridgehead atoms. The molecule has 2 aliphatic heterocycles. The summed E-state index contributed by atoms with van der Waals surface area (Å²) in [6.45, 7) is 0. The second kappa shape index (κ2) is 5.12. The van der Waals surface area contributed by atoms with Gasteiger partial charge in [0.15, 0.2) is 0 Å². The van der Waals surface area contributed by atoms with Crippen LogP contribution in [-0.2, 0) is 4.79 Å². The van der Waals surface area contributed by atoms with Crippen molar-refractivity contribution in [1.29, 1.82) is 0 Å². The first-order valence-electron chi connectivity index (χ1n) is 9.16. The molecule has 3 aromatic rings. The molecule has 3 atom stereocenters. The molecule has 2 aromatic carbocycles. The standard InChI is InChI=1S/C19H16N6O2/c26-18-16-10-5-6-11(9-10)24(16)19(27)25(18)15-8-7-14(17-20-22-23-21-17)12-3-1-2-4-13(12)15/h1-4,7-8,10-11,16H,5-6,9H2,(H,20,21,22,23)/t10-,11+,16-/m1/s1. The number of urea groups is 1. The third-order valence-electron chi connectivity index (χ3n) is 6.20. The van der Waals surface area contributed by atoms with Crippen LogP contribution in [0.25, 0.3) is 22.2 Å². The van der Waals surface area contributed by atoms with Gasteiger partial charge in [0, 0.05) is 17.0 Å². The van der Waals surface area contributed by atoms with Crippen LogP contribution >= 0.6 is 0 Å². The Hall–Kier alpha value is -3.29. The topological polar surface area (TPSA) is 95.1 Å². The van der Waals surface area contributed by atoms with Crippen LogP contribution in [0.4, 0.5) is 10.5 Å². The smallest absolute Gasteiger partial charge is 0.309 e. The maximum absolute atomic E-state index is 13.2. The quantitative estimate of drug-likeness (QED) is 0.708. The molecule has 3 aliphatic rings. The van der Waals surface area contributed by atoms with Gasteiger partial charge >= 0.3 is 6.03 Å². The zero-order valence-corrected chi connectivity index (χ0v) is 14.4. The SMILES string of the molecule is O=C1[C@H]2[C@@H]3CC[C@@H](C3)N2C(=O)N1c1ccc(-c2nn[nH]n2)c2ccccc12. The largest absolute Gasteiger partial charge is 0.332 e. The summed E-state index contributed by atoms with van der Waals surface area (Å²) in [6.07, 6.45) is 3.01. The van der Waals surface area contributed by atoms with E-state index in [4.69, 9.17) is 0 Å². The van der Waals surface area contributed by atoms with Gasteiger partial charge in [-0.15, -0.1) is 10.2 Å². The number of anilines is 1. The number of fused-ring (bicyclic) bond motifs is 6. The highest BCUT2D eigenvalue weighted by Crippen LogP contribution is 2.48. The van der Waals surface area contributed by atoms with E-state index in [0.717, 1.165) is 35.6 Å². The second-order valence-electron chi connectivity index (χ2n) is 7.45. The summed E-state index contributed by atoms with van der Waals surface area (Å²) < 4.78 is 0. The summed E-state index contributed by atoms with van der Waals surface area (Å²) in [4.78, 5) is 29.5. The van der Waals surface area contributed by atoms with Crippen molar-refractivity contribution in [2.45, 2.75) is 31.3 Å². The van der Waals surface area contributed by atoms with Crippen LogP contribution < -0.4 is 4.90 Å². The summed E-state index contributed by atoms with van der Waals surface area (Å²) in [5.41, 5.74) is 1.43. The maximum Gasteiger partial charge on any atom is 0.332 e. The number of carbonyl (C=O) groups excluding carboxylic acids is 2. The van der Waals surface area contributed by atoms with Crippen molar-refractivity contribution in [3.8, 4) is 11.4 Å². The molecule has 3 amide bonds. The van der Waals surface area contributed by atoms with Crippen LogP contribution in [0.2, 0.25) is 0 Å². The lowest BCUT2D eigenvalue weighted by Gasteiger charge is -2.25. The Balaban J connectivity index is 1.52. The van der Waals surface area contributed by atoms with Crippen LogP contribution in [0.1, 0.15) is 19.3 Å². The van der Waals surface area contributed by atoms with E-state index in [1.54, 1.807) is 0 Å². The predicted molar refractivity (Wildman–Crippen MR) is 96.8 cm³/mol. The van der Waals surface area contributed by atoms with Crippen LogP contribution in [0.5, 0.6) is 0 Å². The Morgan fingerprint density at radius 1 is 1.04 bits per heavy atom. The van der Waals surface area contributed by atoms with Gasteiger partial charge in [-0.05, 0) is 47.9 Å². The van der Waals surface area contributed by atoms with Crippen LogP contribution in [0.3, 0.4) is 0 Å². The van der Waals surface area contributed by atoms with Gasteiger partial charge in [-0.2, -0.15) is 5.21 Å². The molecule has 27 heavy (non-hydrogen) atoms. The number of aromatic amines is 1. The van der Waals surface area contributed by atoms with Gasteiger partial charge in [0.25, 0.3) is 5.91 Å². The molecule has 1 N–H and O–H groups in total. The van der Waals surface area contributed by atoms with E-state index in [-0.39, 0.29) is 24.0 Å². The number of nitrogens with one attached hydrogen (secondary N) is 1. The van der Waals surface area contributed by atoms with Crippen molar-refractivity contribution in [2.24, 2.45) is 5.92 Å². The second-order valence-corrected chi connectivity index (χ2v) is 7.45. The van der Waals surface area contributed by atoms with Crippen molar-refractivity contribution in [1.82, 2.24) is 25.5 Å². The normalized spacial score (nSPS) is 26.4. The van der Waals surface area contributed by atoms with E-state index in [2.05, 4.69) is 20.6 Å². The van der Waals surface area contributed by atoms with E-state index in [0.29, 0.717) is 17.4 Å².